The van der Waals surface area contributed by atoms with Gasteiger partial charge in [0.15, 0.2) is 0 Å². The lowest BCUT2D eigenvalue weighted by atomic mass is 10.1. The summed E-state index contributed by atoms with van der Waals surface area (Å²) in [5.74, 6) is 0.254. The molecule has 1 atom stereocenters. The summed E-state index contributed by atoms with van der Waals surface area (Å²) in [6, 6.07) is -0.218. The molecule has 3 heteroatoms. The number of carbonyl (C=O) groups excluding carboxylic acids is 1. The summed E-state index contributed by atoms with van der Waals surface area (Å²) in [6.45, 7) is 9.74. The second-order valence-corrected chi connectivity index (χ2v) is 4.24. The van der Waals surface area contributed by atoms with Crippen LogP contribution in [0.1, 0.15) is 34.6 Å². The van der Waals surface area contributed by atoms with Crippen molar-refractivity contribution in [3.05, 3.63) is 0 Å². The molecule has 0 spiro atoms. The highest BCUT2D eigenvalue weighted by atomic mass is 16.7. The average molecular weight is 173 g/mol. The molecule has 0 rings (SSSR count). The third-order valence-corrected chi connectivity index (χ3v) is 1.37. The predicted molar refractivity (Wildman–Crippen MR) is 48.7 cm³/mol. The molecule has 0 bridgehead atoms. The van der Waals surface area contributed by atoms with Crippen molar-refractivity contribution >= 4 is 6.29 Å². The molecule has 0 aliphatic heterocycles. The molecule has 0 unspecified atom stereocenters. The van der Waals surface area contributed by atoms with Crippen LogP contribution in [0.25, 0.3) is 0 Å². The molecule has 0 aromatic carbocycles. The summed E-state index contributed by atoms with van der Waals surface area (Å²) in [6.07, 6.45) is 0.871. The highest BCUT2D eigenvalue weighted by Crippen LogP contribution is 2.06. The SMILES string of the molecule is CC(C)[C@@H](C=O)NOC(C)(C)C. The zero-order valence-corrected chi connectivity index (χ0v) is 8.55. The Morgan fingerprint density at radius 2 is 1.83 bits per heavy atom. The highest BCUT2D eigenvalue weighted by Gasteiger charge is 2.16. The minimum Gasteiger partial charge on any atom is -0.302 e. The van der Waals surface area contributed by atoms with Crippen LogP contribution in [0, 0.1) is 5.92 Å². The van der Waals surface area contributed by atoms with Crippen LogP contribution < -0.4 is 5.48 Å². The molecule has 0 aromatic rings. The molecule has 0 radical (unpaired) electrons. The van der Waals surface area contributed by atoms with Gasteiger partial charge in [0, 0.05) is 0 Å². The van der Waals surface area contributed by atoms with E-state index in [1.807, 2.05) is 34.6 Å². The van der Waals surface area contributed by atoms with Gasteiger partial charge in [-0.2, -0.15) is 5.48 Å². The summed E-state index contributed by atoms with van der Waals surface area (Å²) < 4.78 is 0. The maximum absolute atomic E-state index is 10.5. The lowest BCUT2D eigenvalue weighted by Crippen LogP contribution is -2.40. The Hall–Kier alpha value is -0.410. The molecule has 72 valence electrons. The van der Waals surface area contributed by atoms with Gasteiger partial charge in [-0.1, -0.05) is 13.8 Å². The van der Waals surface area contributed by atoms with E-state index in [1.54, 1.807) is 0 Å². The Morgan fingerprint density at radius 1 is 1.33 bits per heavy atom. The van der Waals surface area contributed by atoms with E-state index >= 15 is 0 Å². The minimum atomic E-state index is -0.254. The van der Waals surface area contributed by atoms with E-state index in [0.717, 1.165) is 6.29 Å². The summed E-state index contributed by atoms with van der Waals surface area (Å²) in [5.41, 5.74) is 2.49. The van der Waals surface area contributed by atoms with E-state index < -0.39 is 0 Å². The van der Waals surface area contributed by atoms with Crippen LogP contribution in [0.5, 0.6) is 0 Å². The van der Waals surface area contributed by atoms with Gasteiger partial charge >= 0.3 is 0 Å². The number of rotatable bonds is 4. The molecular formula is C9H19NO2. The number of carbonyl (C=O) groups is 1. The largest absolute Gasteiger partial charge is 0.302 e. The van der Waals surface area contributed by atoms with E-state index in [-0.39, 0.29) is 17.6 Å². The van der Waals surface area contributed by atoms with Crippen molar-refractivity contribution in [1.82, 2.24) is 5.48 Å². The Balaban J connectivity index is 3.81. The van der Waals surface area contributed by atoms with Gasteiger partial charge in [0.2, 0.25) is 0 Å². The molecule has 0 fully saturated rings. The molecule has 1 N–H and O–H groups in total. The van der Waals surface area contributed by atoms with Gasteiger partial charge in [-0.25, -0.2) is 0 Å². The number of aldehydes is 1. The van der Waals surface area contributed by atoms with Crippen LogP contribution in [0.3, 0.4) is 0 Å². The fraction of sp³-hybridized carbons (Fsp3) is 0.889. The fourth-order valence-corrected chi connectivity index (χ4v) is 0.566. The van der Waals surface area contributed by atoms with Gasteiger partial charge in [0.1, 0.15) is 6.29 Å². The molecule has 0 aromatic heterocycles. The molecule has 0 aliphatic carbocycles. The van der Waals surface area contributed by atoms with Gasteiger partial charge in [-0.05, 0) is 26.7 Å². The van der Waals surface area contributed by atoms with E-state index in [4.69, 9.17) is 4.84 Å². The highest BCUT2D eigenvalue weighted by molar-refractivity contribution is 5.57. The quantitative estimate of drug-likeness (QED) is 0.517. The van der Waals surface area contributed by atoms with Crippen molar-refractivity contribution in [2.75, 3.05) is 0 Å². The van der Waals surface area contributed by atoms with Gasteiger partial charge < -0.3 is 4.79 Å². The van der Waals surface area contributed by atoms with E-state index in [0.29, 0.717) is 0 Å². The predicted octanol–water partition coefficient (Wildman–Crippen LogP) is 1.53. The van der Waals surface area contributed by atoms with E-state index in [1.165, 1.54) is 0 Å². The Bertz CT molecular complexity index is 138. The van der Waals surface area contributed by atoms with Crippen LogP contribution in [0.15, 0.2) is 0 Å². The van der Waals surface area contributed by atoms with E-state index in [9.17, 15) is 4.79 Å². The average Bonchev–Trinajstić information content (AvgIpc) is 1.85. The van der Waals surface area contributed by atoms with Crippen molar-refractivity contribution in [1.29, 1.82) is 0 Å². The minimum absolute atomic E-state index is 0.218. The molecule has 0 saturated heterocycles. The first-order valence-electron chi connectivity index (χ1n) is 4.25. The normalized spacial score (nSPS) is 14.8. The second-order valence-electron chi connectivity index (χ2n) is 4.24. The van der Waals surface area contributed by atoms with Crippen LogP contribution >= 0.6 is 0 Å². The lowest BCUT2D eigenvalue weighted by molar-refractivity contribution is -0.124. The monoisotopic (exact) mass is 173 g/mol. The maximum Gasteiger partial charge on any atom is 0.139 e. The summed E-state index contributed by atoms with van der Waals surface area (Å²) in [5, 5.41) is 0. The molecule has 0 heterocycles. The third kappa shape index (κ3) is 5.27. The number of hydroxylamine groups is 1. The van der Waals surface area contributed by atoms with Crippen LogP contribution in [-0.2, 0) is 9.63 Å². The molecule has 12 heavy (non-hydrogen) atoms. The van der Waals surface area contributed by atoms with Crippen LogP contribution in [-0.4, -0.2) is 17.9 Å². The molecule has 0 aliphatic rings. The van der Waals surface area contributed by atoms with Gasteiger partial charge in [-0.15, -0.1) is 0 Å². The van der Waals surface area contributed by atoms with Crippen molar-refractivity contribution in [2.24, 2.45) is 5.92 Å². The van der Waals surface area contributed by atoms with Gasteiger partial charge in [0.05, 0.1) is 11.6 Å². The summed E-state index contributed by atoms with van der Waals surface area (Å²) >= 11 is 0. The standard InChI is InChI=1S/C9H19NO2/c1-7(2)8(6-11)10-12-9(3,4)5/h6-8,10H,1-5H3/t8-/m1/s1. The zero-order valence-electron chi connectivity index (χ0n) is 8.55. The number of hydrogen-bond donors (Lipinski definition) is 1. The topological polar surface area (TPSA) is 38.3 Å². The second kappa shape index (κ2) is 4.58. The molecular weight excluding hydrogens is 154 g/mol. The van der Waals surface area contributed by atoms with Crippen molar-refractivity contribution in [3.8, 4) is 0 Å². The van der Waals surface area contributed by atoms with Crippen LogP contribution in [0.2, 0.25) is 0 Å². The first-order valence-corrected chi connectivity index (χ1v) is 4.25. The fourth-order valence-electron chi connectivity index (χ4n) is 0.566. The van der Waals surface area contributed by atoms with Crippen molar-refractivity contribution in [3.63, 3.8) is 0 Å². The number of nitrogens with one attached hydrogen (secondary N) is 1. The van der Waals surface area contributed by atoms with Gasteiger partial charge in [0.25, 0.3) is 0 Å². The van der Waals surface area contributed by atoms with Crippen LogP contribution in [0.4, 0.5) is 0 Å². The maximum atomic E-state index is 10.5. The summed E-state index contributed by atoms with van der Waals surface area (Å²) in [4.78, 5) is 15.8. The Morgan fingerprint density at radius 3 is 2.08 bits per heavy atom. The van der Waals surface area contributed by atoms with Gasteiger partial charge in [-0.3, -0.25) is 4.84 Å². The first-order chi connectivity index (χ1) is 5.37. The molecule has 3 nitrogen and oxygen atoms in total. The zero-order chi connectivity index (χ0) is 9.78. The van der Waals surface area contributed by atoms with Crippen molar-refractivity contribution in [2.45, 2.75) is 46.3 Å². The van der Waals surface area contributed by atoms with Crippen molar-refractivity contribution < 1.29 is 9.63 Å². The Kier molecular flexibility index (Phi) is 4.42. The molecule has 0 saturated carbocycles. The first kappa shape index (κ1) is 11.6. The van der Waals surface area contributed by atoms with E-state index in [2.05, 4.69) is 5.48 Å². The summed E-state index contributed by atoms with van der Waals surface area (Å²) in [7, 11) is 0. The molecule has 0 amide bonds. The Labute approximate surface area is 74.4 Å². The lowest BCUT2D eigenvalue weighted by Gasteiger charge is -2.23. The number of hydrogen-bond acceptors (Lipinski definition) is 3. The smallest absolute Gasteiger partial charge is 0.139 e. The third-order valence-electron chi connectivity index (χ3n) is 1.37.